The fraction of sp³-hybridized carbons (Fsp3) is 0.368. The summed E-state index contributed by atoms with van der Waals surface area (Å²) in [5.74, 6) is -1.30. The lowest BCUT2D eigenvalue weighted by molar-refractivity contribution is 0.0923. The SMILES string of the molecule is CCCCn1nc(C(=O)NCCNC(=O)c2ccc(C)c(F)c2)ccc1=O. The van der Waals surface area contributed by atoms with Gasteiger partial charge in [0.25, 0.3) is 17.4 Å². The normalized spacial score (nSPS) is 10.5. The number of nitrogens with one attached hydrogen (secondary N) is 2. The molecular weight excluding hydrogens is 351 g/mol. The van der Waals surface area contributed by atoms with Crippen LogP contribution in [-0.2, 0) is 6.54 Å². The van der Waals surface area contributed by atoms with Crippen molar-refractivity contribution in [1.29, 1.82) is 0 Å². The molecule has 0 aliphatic carbocycles. The summed E-state index contributed by atoms with van der Waals surface area (Å²) in [4.78, 5) is 35.8. The molecule has 0 saturated carbocycles. The number of aromatic nitrogens is 2. The predicted molar refractivity (Wildman–Crippen MR) is 99.2 cm³/mol. The minimum atomic E-state index is -0.444. The van der Waals surface area contributed by atoms with Crippen molar-refractivity contribution in [3.8, 4) is 0 Å². The van der Waals surface area contributed by atoms with Crippen LogP contribution < -0.4 is 16.2 Å². The number of carbonyl (C=O) groups excluding carboxylic acids is 2. The molecule has 2 amide bonds. The molecule has 0 aliphatic rings. The van der Waals surface area contributed by atoms with Gasteiger partial charge in [0.05, 0.1) is 0 Å². The van der Waals surface area contributed by atoms with Crippen LogP contribution in [0.1, 0.15) is 46.2 Å². The lowest BCUT2D eigenvalue weighted by Crippen LogP contribution is -2.36. The van der Waals surface area contributed by atoms with Gasteiger partial charge in [0.2, 0.25) is 0 Å². The van der Waals surface area contributed by atoms with E-state index in [9.17, 15) is 18.8 Å². The molecule has 0 spiro atoms. The zero-order valence-corrected chi connectivity index (χ0v) is 15.4. The number of carbonyl (C=O) groups is 2. The molecule has 2 rings (SSSR count). The highest BCUT2D eigenvalue weighted by Gasteiger charge is 2.10. The Balaban J connectivity index is 1.84. The number of aryl methyl sites for hydroxylation is 2. The van der Waals surface area contributed by atoms with Crippen LogP contribution >= 0.6 is 0 Å². The van der Waals surface area contributed by atoms with Crippen molar-refractivity contribution in [2.75, 3.05) is 13.1 Å². The zero-order chi connectivity index (χ0) is 19.8. The van der Waals surface area contributed by atoms with E-state index in [0.717, 1.165) is 12.8 Å². The van der Waals surface area contributed by atoms with Crippen LogP contribution in [0.4, 0.5) is 4.39 Å². The second kappa shape index (κ2) is 9.61. The number of nitrogens with zero attached hydrogens (tertiary/aromatic N) is 2. The molecule has 0 fully saturated rings. The van der Waals surface area contributed by atoms with Crippen LogP contribution in [0.2, 0.25) is 0 Å². The number of rotatable bonds is 8. The van der Waals surface area contributed by atoms with E-state index < -0.39 is 17.6 Å². The molecule has 0 aliphatic heterocycles. The standard InChI is InChI=1S/C19H23FN4O3/c1-3-4-11-24-17(25)8-7-16(23-24)19(27)22-10-9-21-18(26)14-6-5-13(2)15(20)12-14/h5-8,12H,3-4,9-11H2,1-2H3,(H,21,26)(H,22,27). The average Bonchev–Trinajstić information content (AvgIpc) is 2.66. The van der Waals surface area contributed by atoms with E-state index in [1.165, 1.54) is 35.0 Å². The van der Waals surface area contributed by atoms with Crippen molar-refractivity contribution < 1.29 is 14.0 Å². The Labute approximate surface area is 156 Å². The molecule has 0 atom stereocenters. The van der Waals surface area contributed by atoms with Crippen LogP contribution in [0.5, 0.6) is 0 Å². The van der Waals surface area contributed by atoms with Gasteiger partial charge in [0.15, 0.2) is 0 Å². The number of hydrogen-bond acceptors (Lipinski definition) is 4. The van der Waals surface area contributed by atoms with Crippen LogP contribution in [0, 0.1) is 12.7 Å². The smallest absolute Gasteiger partial charge is 0.271 e. The van der Waals surface area contributed by atoms with Gasteiger partial charge in [-0.1, -0.05) is 19.4 Å². The number of amides is 2. The molecule has 27 heavy (non-hydrogen) atoms. The van der Waals surface area contributed by atoms with Gasteiger partial charge >= 0.3 is 0 Å². The van der Waals surface area contributed by atoms with Gasteiger partial charge in [0, 0.05) is 31.3 Å². The summed E-state index contributed by atoms with van der Waals surface area (Å²) in [6.45, 7) is 4.43. The lowest BCUT2D eigenvalue weighted by Gasteiger charge is -2.09. The van der Waals surface area contributed by atoms with Crippen molar-refractivity contribution in [3.05, 3.63) is 63.3 Å². The van der Waals surface area contributed by atoms with E-state index in [1.807, 2.05) is 6.92 Å². The van der Waals surface area contributed by atoms with Gasteiger partial charge in [-0.15, -0.1) is 0 Å². The maximum Gasteiger partial charge on any atom is 0.271 e. The second-order valence-corrected chi connectivity index (χ2v) is 6.11. The van der Waals surface area contributed by atoms with E-state index in [4.69, 9.17) is 0 Å². The summed E-state index contributed by atoms with van der Waals surface area (Å²) >= 11 is 0. The summed E-state index contributed by atoms with van der Waals surface area (Å²) in [5.41, 5.74) is 0.566. The van der Waals surface area contributed by atoms with Gasteiger partial charge in [0.1, 0.15) is 11.5 Å². The molecule has 2 aromatic rings. The number of halogens is 1. The maximum atomic E-state index is 13.5. The lowest BCUT2D eigenvalue weighted by atomic mass is 10.1. The Kier molecular flexibility index (Phi) is 7.22. The molecule has 2 N–H and O–H groups in total. The fourth-order valence-electron chi connectivity index (χ4n) is 2.32. The second-order valence-electron chi connectivity index (χ2n) is 6.11. The average molecular weight is 374 g/mol. The molecule has 7 nitrogen and oxygen atoms in total. The van der Waals surface area contributed by atoms with Crippen molar-refractivity contribution in [1.82, 2.24) is 20.4 Å². The first-order valence-corrected chi connectivity index (χ1v) is 8.83. The Morgan fingerprint density at radius 2 is 1.81 bits per heavy atom. The molecular formula is C19H23FN4O3. The van der Waals surface area contributed by atoms with Crippen LogP contribution in [0.3, 0.4) is 0 Å². The van der Waals surface area contributed by atoms with Gasteiger partial charge < -0.3 is 10.6 Å². The highest BCUT2D eigenvalue weighted by atomic mass is 19.1. The quantitative estimate of drug-likeness (QED) is 0.687. The van der Waals surface area contributed by atoms with Gasteiger partial charge in [-0.2, -0.15) is 5.10 Å². The number of benzene rings is 1. The summed E-state index contributed by atoms with van der Waals surface area (Å²) in [6, 6.07) is 6.92. The molecule has 8 heteroatoms. The third kappa shape index (κ3) is 5.73. The topological polar surface area (TPSA) is 93.1 Å². The summed E-state index contributed by atoms with van der Waals surface area (Å²) < 4.78 is 14.8. The van der Waals surface area contributed by atoms with Crippen LogP contribution in [-0.4, -0.2) is 34.7 Å². The zero-order valence-electron chi connectivity index (χ0n) is 15.4. The largest absolute Gasteiger partial charge is 0.350 e. The Morgan fingerprint density at radius 3 is 2.48 bits per heavy atom. The van der Waals surface area contributed by atoms with Crippen molar-refractivity contribution in [2.24, 2.45) is 0 Å². The molecule has 1 aromatic heterocycles. The van der Waals surface area contributed by atoms with Crippen LogP contribution in [0.25, 0.3) is 0 Å². The Bertz CT molecular complexity index is 879. The summed E-state index contributed by atoms with van der Waals surface area (Å²) in [5, 5.41) is 9.28. The van der Waals surface area contributed by atoms with Gasteiger partial charge in [-0.3, -0.25) is 14.4 Å². The van der Waals surface area contributed by atoms with Crippen molar-refractivity contribution in [2.45, 2.75) is 33.2 Å². The molecule has 1 aromatic carbocycles. The third-order valence-electron chi connectivity index (χ3n) is 3.95. The first-order valence-electron chi connectivity index (χ1n) is 8.83. The van der Waals surface area contributed by atoms with E-state index in [1.54, 1.807) is 6.92 Å². The Morgan fingerprint density at radius 1 is 1.11 bits per heavy atom. The van der Waals surface area contributed by atoms with Crippen LogP contribution in [0.15, 0.2) is 35.1 Å². The van der Waals surface area contributed by atoms with Crippen molar-refractivity contribution in [3.63, 3.8) is 0 Å². The first-order chi connectivity index (χ1) is 12.9. The summed E-state index contributed by atoms with van der Waals surface area (Å²) in [6.07, 6.45) is 1.71. The molecule has 144 valence electrons. The molecule has 1 heterocycles. The highest BCUT2D eigenvalue weighted by Crippen LogP contribution is 2.08. The number of hydrogen-bond donors (Lipinski definition) is 2. The predicted octanol–water partition coefficient (Wildman–Crippen LogP) is 1.65. The number of unbranched alkanes of at least 4 members (excludes halogenated alkanes) is 1. The minimum Gasteiger partial charge on any atom is -0.350 e. The van der Waals surface area contributed by atoms with E-state index >= 15 is 0 Å². The summed E-state index contributed by atoms with van der Waals surface area (Å²) in [7, 11) is 0. The van der Waals surface area contributed by atoms with E-state index in [-0.39, 0.29) is 29.9 Å². The Hall–Kier alpha value is -3.03. The van der Waals surface area contributed by atoms with E-state index in [2.05, 4.69) is 15.7 Å². The van der Waals surface area contributed by atoms with E-state index in [0.29, 0.717) is 12.1 Å². The van der Waals surface area contributed by atoms with Crippen molar-refractivity contribution >= 4 is 11.8 Å². The minimum absolute atomic E-state index is 0.137. The van der Waals surface area contributed by atoms with Gasteiger partial charge in [-0.25, -0.2) is 9.07 Å². The monoisotopic (exact) mass is 374 g/mol. The fourth-order valence-corrected chi connectivity index (χ4v) is 2.32. The third-order valence-corrected chi connectivity index (χ3v) is 3.95. The molecule has 0 saturated heterocycles. The van der Waals surface area contributed by atoms with Gasteiger partial charge in [-0.05, 0) is 37.1 Å². The maximum absolute atomic E-state index is 13.5. The molecule has 0 radical (unpaired) electrons. The molecule has 0 bridgehead atoms. The molecule has 0 unspecified atom stereocenters. The highest BCUT2D eigenvalue weighted by molar-refractivity contribution is 5.94. The first kappa shape index (κ1) is 20.3.